The largest absolute Gasteiger partial charge is 0.330 e. The number of thiophene rings is 1. The van der Waals surface area contributed by atoms with Crippen molar-refractivity contribution in [2.45, 2.75) is 25.3 Å². The summed E-state index contributed by atoms with van der Waals surface area (Å²) in [6.45, 7) is 0.807. The second-order valence-corrected chi connectivity index (χ2v) is 7.49. The van der Waals surface area contributed by atoms with Gasteiger partial charge in [0.1, 0.15) is 10.3 Å². The molecule has 1 aliphatic heterocycles. The standard InChI is InChI=1S/C16H15BrN2OS/c17-14-3-1-2-12(18-14)16(20)19-8-6-13-11(7-9-21-13)15(19)10-4-5-10/h1-3,7,9-10,15H,4-6,8H2. The Hall–Kier alpha value is -1.20. The first-order chi connectivity index (χ1) is 10.2. The van der Waals surface area contributed by atoms with Crippen LogP contribution in [0, 0.1) is 5.92 Å². The van der Waals surface area contributed by atoms with Crippen LogP contribution < -0.4 is 0 Å². The highest BCUT2D eigenvalue weighted by Crippen LogP contribution is 2.48. The van der Waals surface area contributed by atoms with Crippen LogP contribution in [0.2, 0.25) is 0 Å². The van der Waals surface area contributed by atoms with Crippen molar-refractivity contribution < 1.29 is 4.79 Å². The second kappa shape index (κ2) is 5.21. The summed E-state index contributed by atoms with van der Waals surface area (Å²) in [5.74, 6) is 0.694. The van der Waals surface area contributed by atoms with Gasteiger partial charge in [-0.25, -0.2) is 4.98 Å². The van der Waals surface area contributed by atoms with Crippen LogP contribution in [0.5, 0.6) is 0 Å². The van der Waals surface area contributed by atoms with Gasteiger partial charge >= 0.3 is 0 Å². The molecule has 21 heavy (non-hydrogen) atoms. The summed E-state index contributed by atoms with van der Waals surface area (Å²) in [4.78, 5) is 20.7. The Morgan fingerprint density at radius 2 is 2.19 bits per heavy atom. The van der Waals surface area contributed by atoms with E-state index in [1.807, 2.05) is 28.4 Å². The van der Waals surface area contributed by atoms with Gasteiger partial charge in [0.15, 0.2) is 0 Å². The van der Waals surface area contributed by atoms with E-state index in [4.69, 9.17) is 0 Å². The Kier molecular flexibility index (Phi) is 3.34. The highest BCUT2D eigenvalue weighted by atomic mass is 79.9. The lowest BCUT2D eigenvalue weighted by Gasteiger charge is -2.36. The zero-order valence-electron chi connectivity index (χ0n) is 11.5. The molecule has 1 fully saturated rings. The van der Waals surface area contributed by atoms with Crippen LogP contribution in [0.1, 0.15) is 39.8 Å². The summed E-state index contributed by atoms with van der Waals surface area (Å²) in [6.07, 6.45) is 3.43. The molecule has 1 amide bonds. The number of amides is 1. The number of halogens is 1. The molecule has 2 aliphatic rings. The van der Waals surface area contributed by atoms with E-state index in [0.29, 0.717) is 16.2 Å². The van der Waals surface area contributed by atoms with Gasteiger partial charge in [0, 0.05) is 11.4 Å². The smallest absolute Gasteiger partial charge is 0.273 e. The fraction of sp³-hybridized carbons (Fsp3) is 0.375. The first-order valence-corrected chi connectivity index (χ1v) is 8.91. The van der Waals surface area contributed by atoms with Crippen molar-refractivity contribution in [3.63, 3.8) is 0 Å². The van der Waals surface area contributed by atoms with Crippen molar-refractivity contribution in [1.82, 2.24) is 9.88 Å². The zero-order chi connectivity index (χ0) is 14.4. The van der Waals surface area contributed by atoms with Crippen molar-refractivity contribution >= 4 is 33.2 Å². The van der Waals surface area contributed by atoms with Gasteiger partial charge in [-0.05, 0) is 70.3 Å². The van der Waals surface area contributed by atoms with Gasteiger partial charge in [-0.3, -0.25) is 4.79 Å². The van der Waals surface area contributed by atoms with Gasteiger partial charge < -0.3 is 4.90 Å². The first kappa shape index (κ1) is 13.5. The third-order valence-electron chi connectivity index (χ3n) is 4.28. The lowest BCUT2D eigenvalue weighted by Crippen LogP contribution is -2.40. The van der Waals surface area contributed by atoms with E-state index in [1.54, 1.807) is 6.07 Å². The molecule has 0 N–H and O–H groups in total. The molecule has 0 saturated heterocycles. The van der Waals surface area contributed by atoms with E-state index in [1.165, 1.54) is 23.3 Å². The van der Waals surface area contributed by atoms with Gasteiger partial charge in [-0.15, -0.1) is 11.3 Å². The minimum atomic E-state index is 0.0602. The van der Waals surface area contributed by atoms with Crippen molar-refractivity contribution in [3.05, 3.63) is 50.4 Å². The van der Waals surface area contributed by atoms with Gasteiger partial charge in [-0.1, -0.05) is 6.07 Å². The van der Waals surface area contributed by atoms with Crippen molar-refractivity contribution in [2.24, 2.45) is 5.92 Å². The van der Waals surface area contributed by atoms with Crippen molar-refractivity contribution in [3.8, 4) is 0 Å². The van der Waals surface area contributed by atoms with Gasteiger partial charge in [0.05, 0.1) is 6.04 Å². The van der Waals surface area contributed by atoms with E-state index in [2.05, 4.69) is 32.4 Å². The Morgan fingerprint density at radius 3 is 2.95 bits per heavy atom. The maximum absolute atomic E-state index is 12.9. The number of hydrogen-bond acceptors (Lipinski definition) is 3. The molecule has 108 valence electrons. The molecule has 0 aromatic carbocycles. The predicted molar refractivity (Wildman–Crippen MR) is 86.5 cm³/mol. The quantitative estimate of drug-likeness (QED) is 0.754. The summed E-state index contributed by atoms with van der Waals surface area (Å²) in [5, 5.41) is 2.16. The van der Waals surface area contributed by atoms with E-state index < -0.39 is 0 Å². The van der Waals surface area contributed by atoms with Crippen molar-refractivity contribution in [1.29, 1.82) is 0 Å². The number of hydrogen-bond donors (Lipinski definition) is 0. The van der Waals surface area contributed by atoms with Crippen LogP contribution in [0.3, 0.4) is 0 Å². The fourth-order valence-corrected chi connectivity index (χ4v) is 4.43. The Balaban J connectivity index is 1.69. The highest BCUT2D eigenvalue weighted by molar-refractivity contribution is 9.10. The van der Waals surface area contributed by atoms with E-state index in [-0.39, 0.29) is 11.9 Å². The maximum Gasteiger partial charge on any atom is 0.273 e. The van der Waals surface area contributed by atoms with Crippen LogP contribution >= 0.6 is 27.3 Å². The number of pyridine rings is 1. The molecule has 1 atom stereocenters. The minimum Gasteiger partial charge on any atom is -0.330 e. The lowest BCUT2D eigenvalue weighted by atomic mass is 9.95. The summed E-state index contributed by atoms with van der Waals surface area (Å²) < 4.78 is 0.713. The molecule has 5 heteroatoms. The molecular weight excluding hydrogens is 348 g/mol. The Morgan fingerprint density at radius 1 is 1.33 bits per heavy atom. The molecule has 2 aromatic rings. The molecule has 0 radical (unpaired) electrons. The number of fused-ring (bicyclic) bond motifs is 1. The van der Waals surface area contributed by atoms with E-state index in [0.717, 1.165) is 13.0 Å². The molecule has 3 heterocycles. The molecular formula is C16H15BrN2OS. The first-order valence-electron chi connectivity index (χ1n) is 7.24. The molecule has 1 aliphatic carbocycles. The van der Waals surface area contributed by atoms with Crippen LogP contribution in [0.15, 0.2) is 34.2 Å². The highest BCUT2D eigenvalue weighted by Gasteiger charge is 2.42. The Bertz CT molecular complexity index is 695. The summed E-state index contributed by atoms with van der Waals surface area (Å²) in [6, 6.07) is 7.99. The van der Waals surface area contributed by atoms with Crippen molar-refractivity contribution in [2.75, 3.05) is 6.54 Å². The topological polar surface area (TPSA) is 33.2 Å². The minimum absolute atomic E-state index is 0.0602. The second-order valence-electron chi connectivity index (χ2n) is 5.68. The van der Waals surface area contributed by atoms with Crippen LogP contribution in [0.4, 0.5) is 0 Å². The average molecular weight is 363 g/mol. The van der Waals surface area contributed by atoms with Gasteiger partial charge in [0.25, 0.3) is 5.91 Å². The zero-order valence-corrected chi connectivity index (χ0v) is 13.9. The molecule has 0 spiro atoms. The van der Waals surface area contributed by atoms with Crippen LogP contribution in [-0.2, 0) is 6.42 Å². The normalized spacial score (nSPS) is 21.2. The third kappa shape index (κ3) is 2.42. The van der Waals surface area contributed by atoms with Crippen LogP contribution in [-0.4, -0.2) is 22.3 Å². The predicted octanol–water partition coefficient (Wildman–Crippen LogP) is 4.06. The molecule has 2 aromatic heterocycles. The summed E-state index contributed by atoms with van der Waals surface area (Å²) >= 11 is 5.18. The monoisotopic (exact) mass is 362 g/mol. The third-order valence-corrected chi connectivity index (χ3v) is 5.72. The Labute approximate surface area is 136 Å². The van der Waals surface area contributed by atoms with E-state index >= 15 is 0 Å². The van der Waals surface area contributed by atoms with Gasteiger partial charge in [-0.2, -0.15) is 0 Å². The van der Waals surface area contributed by atoms with E-state index in [9.17, 15) is 4.79 Å². The molecule has 4 rings (SSSR count). The number of aromatic nitrogens is 1. The fourth-order valence-electron chi connectivity index (χ4n) is 3.17. The molecule has 1 unspecified atom stereocenters. The molecule has 0 bridgehead atoms. The lowest BCUT2D eigenvalue weighted by molar-refractivity contribution is 0.0630. The number of carbonyl (C=O) groups is 1. The number of carbonyl (C=O) groups excluding carboxylic acids is 1. The van der Waals surface area contributed by atoms with Gasteiger partial charge in [0.2, 0.25) is 0 Å². The molecule has 3 nitrogen and oxygen atoms in total. The SMILES string of the molecule is O=C(c1cccc(Br)n1)N1CCc2sccc2C1C1CC1. The molecule has 1 saturated carbocycles. The number of nitrogens with zero attached hydrogens (tertiary/aromatic N) is 2. The van der Waals surface area contributed by atoms with Crippen LogP contribution in [0.25, 0.3) is 0 Å². The summed E-state index contributed by atoms with van der Waals surface area (Å²) in [7, 11) is 0. The average Bonchev–Trinajstić information content (AvgIpc) is 3.22. The maximum atomic E-state index is 12.9. The summed E-state index contributed by atoms with van der Waals surface area (Å²) in [5.41, 5.74) is 1.91. The number of rotatable bonds is 2.